The van der Waals surface area contributed by atoms with E-state index in [0.717, 1.165) is 10.3 Å². The molecule has 28 heavy (non-hydrogen) atoms. The summed E-state index contributed by atoms with van der Waals surface area (Å²) in [4.78, 5) is 49.8. The maximum Gasteiger partial charge on any atom is 0.333 e. The predicted octanol–water partition coefficient (Wildman–Crippen LogP) is 2.06. The first-order chi connectivity index (χ1) is 13.4. The molecule has 7 heteroatoms. The normalized spacial score (nSPS) is 12.8. The van der Waals surface area contributed by atoms with Gasteiger partial charge in [-0.25, -0.2) is 4.79 Å². The Hall–Kier alpha value is -3.48. The van der Waals surface area contributed by atoms with Crippen LogP contribution >= 0.6 is 0 Å². The number of hydrogen-bond acceptors (Lipinski definition) is 5. The zero-order valence-corrected chi connectivity index (χ0v) is 15.5. The number of esters is 1. The van der Waals surface area contributed by atoms with Crippen molar-refractivity contribution in [3.63, 3.8) is 0 Å². The summed E-state index contributed by atoms with van der Waals surface area (Å²) >= 11 is 0. The van der Waals surface area contributed by atoms with E-state index in [9.17, 15) is 19.2 Å². The minimum atomic E-state index is -0.522. The lowest BCUT2D eigenvalue weighted by atomic mass is 9.94. The van der Waals surface area contributed by atoms with Crippen LogP contribution in [-0.4, -0.2) is 48.3 Å². The van der Waals surface area contributed by atoms with Crippen LogP contribution in [0.1, 0.15) is 34.1 Å². The molecule has 2 aromatic rings. The van der Waals surface area contributed by atoms with Crippen LogP contribution in [0.3, 0.4) is 0 Å². The van der Waals surface area contributed by atoms with Gasteiger partial charge in [0.2, 0.25) is 5.91 Å². The average Bonchev–Trinajstić information content (AvgIpc) is 2.68. The Morgan fingerprint density at radius 1 is 1.07 bits per heavy atom. The number of benzene rings is 2. The second-order valence-electron chi connectivity index (χ2n) is 6.49. The molecule has 0 spiro atoms. The van der Waals surface area contributed by atoms with Crippen molar-refractivity contribution in [3.8, 4) is 0 Å². The molecule has 2 aromatic carbocycles. The summed E-state index contributed by atoms with van der Waals surface area (Å²) in [6, 6.07) is 10.6. The molecule has 144 valence electrons. The second kappa shape index (κ2) is 8.04. The van der Waals surface area contributed by atoms with Gasteiger partial charge in [-0.15, -0.1) is 0 Å². The van der Waals surface area contributed by atoms with Gasteiger partial charge in [0.05, 0.1) is 6.54 Å². The SMILES string of the molecule is C=C(C)C(=O)OCCNC(=O)CCN1C(=O)c2cccc3cccc(c23)C1=O. The molecule has 7 nitrogen and oxygen atoms in total. The lowest BCUT2D eigenvalue weighted by molar-refractivity contribution is -0.139. The van der Waals surface area contributed by atoms with E-state index in [1.807, 2.05) is 12.1 Å². The largest absolute Gasteiger partial charge is 0.460 e. The maximum absolute atomic E-state index is 12.7. The summed E-state index contributed by atoms with van der Waals surface area (Å²) < 4.78 is 4.88. The van der Waals surface area contributed by atoms with Gasteiger partial charge in [0.1, 0.15) is 6.61 Å². The van der Waals surface area contributed by atoms with Crippen molar-refractivity contribution in [1.82, 2.24) is 10.2 Å². The number of imide groups is 1. The van der Waals surface area contributed by atoms with Crippen molar-refractivity contribution in [2.45, 2.75) is 13.3 Å². The van der Waals surface area contributed by atoms with Crippen LogP contribution < -0.4 is 5.32 Å². The van der Waals surface area contributed by atoms with Gasteiger partial charge in [-0.3, -0.25) is 19.3 Å². The first-order valence-corrected chi connectivity index (χ1v) is 8.87. The van der Waals surface area contributed by atoms with Crippen LogP contribution in [0.25, 0.3) is 10.8 Å². The molecule has 0 radical (unpaired) electrons. The lowest BCUT2D eigenvalue weighted by Crippen LogP contribution is -2.42. The van der Waals surface area contributed by atoms with Crippen LogP contribution in [0, 0.1) is 0 Å². The molecule has 1 N–H and O–H groups in total. The summed E-state index contributed by atoms with van der Waals surface area (Å²) in [5, 5.41) is 4.07. The van der Waals surface area contributed by atoms with Gasteiger partial charge in [0.15, 0.2) is 0 Å². The Balaban J connectivity index is 1.59. The highest BCUT2D eigenvalue weighted by Gasteiger charge is 2.32. The van der Waals surface area contributed by atoms with E-state index < -0.39 is 17.8 Å². The minimum Gasteiger partial charge on any atom is -0.460 e. The molecule has 3 amide bonds. The third kappa shape index (κ3) is 3.78. The van der Waals surface area contributed by atoms with E-state index in [-0.39, 0.29) is 37.6 Å². The van der Waals surface area contributed by atoms with Crippen LogP contribution in [0.15, 0.2) is 48.6 Å². The fourth-order valence-electron chi connectivity index (χ4n) is 3.04. The van der Waals surface area contributed by atoms with Crippen molar-refractivity contribution in [2.24, 2.45) is 0 Å². The smallest absolute Gasteiger partial charge is 0.333 e. The molecule has 1 aliphatic heterocycles. The Morgan fingerprint density at radius 3 is 2.25 bits per heavy atom. The van der Waals surface area contributed by atoms with Gasteiger partial charge in [0.25, 0.3) is 11.8 Å². The van der Waals surface area contributed by atoms with Crippen molar-refractivity contribution in [1.29, 1.82) is 0 Å². The Kier molecular flexibility index (Phi) is 5.54. The van der Waals surface area contributed by atoms with Gasteiger partial charge in [-0.1, -0.05) is 30.8 Å². The van der Waals surface area contributed by atoms with Gasteiger partial charge < -0.3 is 10.1 Å². The zero-order valence-electron chi connectivity index (χ0n) is 15.5. The van der Waals surface area contributed by atoms with E-state index in [1.165, 1.54) is 6.92 Å². The number of carbonyl (C=O) groups excluding carboxylic acids is 4. The molecule has 0 fully saturated rings. The highest BCUT2D eigenvalue weighted by atomic mass is 16.5. The third-order valence-electron chi connectivity index (χ3n) is 4.42. The van der Waals surface area contributed by atoms with Crippen LogP contribution in [0.4, 0.5) is 0 Å². The molecule has 0 aliphatic carbocycles. The number of rotatable bonds is 7. The average molecular weight is 380 g/mol. The summed E-state index contributed by atoms with van der Waals surface area (Å²) in [6.45, 7) is 5.13. The lowest BCUT2D eigenvalue weighted by Gasteiger charge is -2.27. The second-order valence-corrected chi connectivity index (χ2v) is 6.49. The molecule has 0 bridgehead atoms. The van der Waals surface area contributed by atoms with E-state index in [1.54, 1.807) is 24.3 Å². The van der Waals surface area contributed by atoms with Gasteiger partial charge >= 0.3 is 5.97 Å². The highest BCUT2D eigenvalue weighted by molar-refractivity contribution is 6.25. The fraction of sp³-hybridized carbons (Fsp3) is 0.238. The standard InChI is InChI=1S/C21H20N2O5/c1-13(2)21(27)28-12-10-22-17(24)9-11-23-19(25)15-7-3-5-14-6-4-8-16(18(14)15)20(23)26/h3-8H,1,9-12H2,2H3,(H,22,24). The molecule has 1 heterocycles. The number of hydrogen-bond donors (Lipinski definition) is 1. The molecule has 0 aromatic heterocycles. The molecule has 0 unspecified atom stereocenters. The van der Waals surface area contributed by atoms with Crippen LogP contribution in [0.5, 0.6) is 0 Å². The number of ether oxygens (including phenoxy) is 1. The number of nitrogens with zero attached hydrogens (tertiary/aromatic N) is 1. The van der Waals surface area contributed by atoms with Crippen molar-refractivity contribution < 1.29 is 23.9 Å². The van der Waals surface area contributed by atoms with Gasteiger partial charge in [-0.2, -0.15) is 0 Å². The summed E-state index contributed by atoms with van der Waals surface area (Å²) in [7, 11) is 0. The molecule has 0 saturated heterocycles. The number of amides is 3. The fourth-order valence-corrected chi connectivity index (χ4v) is 3.04. The topological polar surface area (TPSA) is 92.8 Å². The Morgan fingerprint density at radius 2 is 1.68 bits per heavy atom. The first-order valence-electron chi connectivity index (χ1n) is 8.87. The van der Waals surface area contributed by atoms with E-state index in [2.05, 4.69) is 11.9 Å². The maximum atomic E-state index is 12.7. The molecule has 3 rings (SSSR count). The summed E-state index contributed by atoms with van der Waals surface area (Å²) in [5.74, 6) is -1.68. The zero-order chi connectivity index (χ0) is 20.3. The minimum absolute atomic E-state index is 0.0222. The summed E-state index contributed by atoms with van der Waals surface area (Å²) in [6.07, 6.45) is -0.0376. The predicted molar refractivity (Wildman–Crippen MR) is 103 cm³/mol. The van der Waals surface area contributed by atoms with Gasteiger partial charge in [0, 0.05) is 35.1 Å². The number of nitrogens with one attached hydrogen (secondary N) is 1. The first kappa shape index (κ1) is 19.3. The quantitative estimate of drug-likeness (QED) is 0.344. The Labute approximate surface area is 162 Å². The molecular weight excluding hydrogens is 360 g/mol. The van der Waals surface area contributed by atoms with Gasteiger partial charge in [-0.05, 0) is 24.4 Å². The van der Waals surface area contributed by atoms with Crippen LogP contribution in [0.2, 0.25) is 0 Å². The highest BCUT2D eigenvalue weighted by Crippen LogP contribution is 2.29. The third-order valence-corrected chi connectivity index (χ3v) is 4.42. The van der Waals surface area contributed by atoms with Crippen molar-refractivity contribution in [3.05, 3.63) is 59.7 Å². The van der Waals surface area contributed by atoms with E-state index in [4.69, 9.17) is 4.74 Å². The summed E-state index contributed by atoms with van der Waals surface area (Å²) in [5.41, 5.74) is 1.20. The molecule has 0 atom stereocenters. The molecule has 0 saturated carbocycles. The molecular formula is C21H20N2O5. The van der Waals surface area contributed by atoms with E-state index in [0.29, 0.717) is 16.5 Å². The van der Waals surface area contributed by atoms with E-state index >= 15 is 0 Å². The monoisotopic (exact) mass is 380 g/mol. The van der Waals surface area contributed by atoms with Crippen LogP contribution in [-0.2, 0) is 14.3 Å². The molecule has 1 aliphatic rings. The number of carbonyl (C=O) groups is 4. The van der Waals surface area contributed by atoms with Crippen molar-refractivity contribution >= 4 is 34.5 Å². The Bertz CT molecular complexity index is 945. The van der Waals surface area contributed by atoms with Crippen molar-refractivity contribution in [2.75, 3.05) is 19.7 Å².